The molecule has 0 bridgehead atoms. The van der Waals surface area contributed by atoms with Crippen LogP contribution in [-0.2, 0) is 33.1 Å². The lowest BCUT2D eigenvalue weighted by Gasteiger charge is -2.17. The van der Waals surface area contributed by atoms with Gasteiger partial charge in [0.15, 0.2) is 22.2 Å². The summed E-state index contributed by atoms with van der Waals surface area (Å²) in [7, 11) is -3.60. The Balaban J connectivity index is 1.51. The number of benzene rings is 3. The summed E-state index contributed by atoms with van der Waals surface area (Å²) in [5.41, 5.74) is 1.64. The number of carbonyl (C=O) groups excluding carboxylic acids is 1. The number of aromatic nitrogens is 1. The van der Waals surface area contributed by atoms with Gasteiger partial charge in [0.05, 0.1) is 27.1 Å². The molecule has 0 saturated carbocycles. The number of amides is 1. The summed E-state index contributed by atoms with van der Waals surface area (Å²) in [5, 5.41) is 15.0. The summed E-state index contributed by atoms with van der Waals surface area (Å²) in [5.74, 6) is -1.69. The van der Waals surface area contributed by atoms with Crippen LogP contribution in [0.5, 0.6) is 11.5 Å². The predicted octanol–water partition coefficient (Wildman–Crippen LogP) is 8.10. The van der Waals surface area contributed by atoms with Gasteiger partial charge in [-0.3, -0.25) is 4.79 Å². The number of rotatable bonds is 13. The summed E-state index contributed by atoms with van der Waals surface area (Å²) < 4.78 is 36.9. The van der Waals surface area contributed by atoms with Crippen LogP contribution in [0.25, 0.3) is 0 Å². The van der Waals surface area contributed by atoms with Crippen molar-refractivity contribution in [3.05, 3.63) is 96.9 Å². The van der Waals surface area contributed by atoms with Gasteiger partial charge >= 0.3 is 5.97 Å². The van der Waals surface area contributed by atoms with Crippen molar-refractivity contribution in [3.8, 4) is 11.5 Å². The van der Waals surface area contributed by atoms with Gasteiger partial charge in [-0.25, -0.2) is 18.2 Å². The molecule has 4 rings (SSSR count). The number of halogens is 3. The summed E-state index contributed by atoms with van der Waals surface area (Å²) in [6, 6.07) is 13.9. The van der Waals surface area contributed by atoms with Crippen LogP contribution >= 0.6 is 46.1 Å². The Bertz CT molecular complexity index is 1840. The second-order valence-corrected chi connectivity index (χ2v) is 15.5. The molecule has 0 unspecified atom stereocenters. The molecule has 1 aromatic heterocycles. The summed E-state index contributed by atoms with van der Waals surface area (Å²) in [6.07, 6.45) is 0.365. The third-order valence-electron chi connectivity index (χ3n) is 6.64. The second-order valence-electron chi connectivity index (χ2n) is 11.2. The van der Waals surface area contributed by atoms with E-state index in [0.29, 0.717) is 16.3 Å². The topological polar surface area (TPSA) is 132 Å². The molecule has 0 fully saturated rings. The van der Waals surface area contributed by atoms with Gasteiger partial charge in [-0.15, -0.1) is 11.3 Å². The molecule has 14 heteroatoms. The molecule has 0 aliphatic heterocycles. The Labute approximate surface area is 286 Å². The van der Waals surface area contributed by atoms with E-state index < -0.39 is 28.3 Å². The maximum absolute atomic E-state index is 13.4. The SMILES string of the molecule is CC(C)(C)c1csc(COc2cccc(C(=O)Nc3cc(CCCS(=O)(=O)c4ccc(Cl)cc4)c(Cl)c(Cl)c3OCC(=O)O)c2)n1. The Kier molecular flexibility index (Phi) is 11.6. The van der Waals surface area contributed by atoms with E-state index in [0.717, 1.165) is 10.7 Å². The smallest absolute Gasteiger partial charge is 0.341 e. The average Bonchev–Trinajstić information content (AvgIpc) is 3.49. The number of thiazole rings is 1. The Morgan fingerprint density at radius 2 is 1.72 bits per heavy atom. The van der Waals surface area contributed by atoms with Crippen LogP contribution in [0.3, 0.4) is 0 Å². The van der Waals surface area contributed by atoms with Crippen LogP contribution in [0.15, 0.2) is 64.9 Å². The van der Waals surface area contributed by atoms with Crippen LogP contribution in [0.2, 0.25) is 15.1 Å². The number of hydrogen-bond donors (Lipinski definition) is 2. The van der Waals surface area contributed by atoms with Crippen LogP contribution < -0.4 is 14.8 Å². The lowest BCUT2D eigenvalue weighted by atomic mass is 9.93. The number of anilines is 1. The summed E-state index contributed by atoms with van der Waals surface area (Å²) >= 11 is 20.4. The van der Waals surface area contributed by atoms with E-state index in [9.17, 15) is 23.1 Å². The van der Waals surface area contributed by atoms with E-state index in [1.807, 2.05) is 5.38 Å². The first-order chi connectivity index (χ1) is 21.6. The molecule has 0 saturated heterocycles. The van der Waals surface area contributed by atoms with Crippen molar-refractivity contribution >= 4 is 73.5 Å². The van der Waals surface area contributed by atoms with Crippen LogP contribution in [-0.4, -0.2) is 42.7 Å². The minimum atomic E-state index is -3.60. The Morgan fingerprint density at radius 1 is 1.00 bits per heavy atom. The van der Waals surface area contributed by atoms with E-state index >= 15 is 0 Å². The monoisotopic (exact) mass is 724 g/mol. The first-order valence-electron chi connectivity index (χ1n) is 14.0. The molecule has 0 aliphatic rings. The van der Waals surface area contributed by atoms with Crippen LogP contribution in [0.1, 0.15) is 53.8 Å². The number of carboxylic acid groups (broad SMARTS) is 1. The molecule has 2 N–H and O–H groups in total. The zero-order valence-corrected chi connectivity index (χ0v) is 29.0. The van der Waals surface area contributed by atoms with Gasteiger partial charge in [0, 0.05) is 21.4 Å². The predicted molar refractivity (Wildman–Crippen MR) is 181 cm³/mol. The van der Waals surface area contributed by atoms with Crippen molar-refractivity contribution in [2.24, 2.45) is 0 Å². The molecule has 1 heterocycles. The van der Waals surface area contributed by atoms with Gasteiger partial charge < -0.3 is 19.9 Å². The third-order valence-corrected chi connectivity index (χ3v) is 10.4. The number of carbonyl (C=O) groups is 2. The third kappa shape index (κ3) is 9.36. The number of carboxylic acids is 1. The van der Waals surface area contributed by atoms with E-state index in [2.05, 4.69) is 31.1 Å². The fourth-order valence-corrected chi connectivity index (χ4v) is 7.09. The van der Waals surface area contributed by atoms with Crippen LogP contribution in [0.4, 0.5) is 5.69 Å². The summed E-state index contributed by atoms with van der Waals surface area (Å²) in [6.45, 7) is 5.73. The van der Waals surface area contributed by atoms with Crippen molar-refractivity contribution in [1.29, 1.82) is 0 Å². The zero-order chi connectivity index (χ0) is 33.6. The Morgan fingerprint density at radius 3 is 2.37 bits per heavy atom. The maximum Gasteiger partial charge on any atom is 0.341 e. The second kappa shape index (κ2) is 15.0. The number of nitrogens with one attached hydrogen (secondary N) is 1. The molecule has 0 radical (unpaired) electrons. The van der Waals surface area contributed by atoms with Crippen molar-refractivity contribution in [2.75, 3.05) is 17.7 Å². The van der Waals surface area contributed by atoms with Gasteiger partial charge in [-0.2, -0.15) is 0 Å². The number of hydrogen-bond acceptors (Lipinski definition) is 8. The van der Waals surface area contributed by atoms with Crippen LogP contribution in [0, 0.1) is 0 Å². The summed E-state index contributed by atoms with van der Waals surface area (Å²) in [4.78, 5) is 29.4. The van der Waals surface area contributed by atoms with E-state index in [1.54, 1.807) is 24.3 Å². The number of aliphatic carboxylic acids is 1. The largest absolute Gasteiger partial charge is 0.486 e. The lowest BCUT2D eigenvalue weighted by molar-refractivity contribution is -0.139. The number of aryl methyl sites for hydroxylation is 1. The molecular formula is C32H31Cl3N2O7S2. The minimum absolute atomic E-state index is 0.0520. The number of sulfone groups is 1. The van der Waals surface area contributed by atoms with Crippen molar-refractivity contribution in [2.45, 2.75) is 50.5 Å². The molecule has 9 nitrogen and oxygen atoms in total. The first kappa shape index (κ1) is 35.5. The molecule has 46 heavy (non-hydrogen) atoms. The van der Waals surface area contributed by atoms with E-state index in [4.69, 9.17) is 44.3 Å². The zero-order valence-electron chi connectivity index (χ0n) is 25.1. The molecule has 3 aromatic carbocycles. The van der Waals surface area contributed by atoms with Crippen molar-refractivity contribution in [3.63, 3.8) is 0 Å². The molecule has 4 aromatic rings. The normalized spacial score (nSPS) is 11.7. The average molecular weight is 726 g/mol. The molecule has 0 aliphatic carbocycles. The van der Waals surface area contributed by atoms with Crippen molar-refractivity contribution in [1.82, 2.24) is 4.98 Å². The van der Waals surface area contributed by atoms with Crippen molar-refractivity contribution < 1.29 is 32.6 Å². The molecule has 0 atom stereocenters. The fourth-order valence-electron chi connectivity index (χ4n) is 4.21. The highest BCUT2D eigenvalue weighted by Gasteiger charge is 2.22. The molecule has 244 valence electrons. The van der Waals surface area contributed by atoms with Gasteiger partial charge in [0.2, 0.25) is 0 Å². The van der Waals surface area contributed by atoms with Gasteiger partial charge in [-0.05, 0) is 66.9 Å². The van der Waals surface area contributed by atoms with Gasteiger partial charge in [0.1, 0.15) is 22.4 Å². The molecular weight excluding hydrogens is 695 g/mol. The Hall–Kier alpha value is -3.35. The maximum atomic E-state index is 13.4. The minimum Gasteiger partial charge on any atom is -0.486 e. The highest BCUT2D eigenvalue weighted by molar-refractivity contribution is 7.91. The lowest BCUT2D eigenvalue weighted by Crippen LogP contribution is -2.16. The van der Waals surface area contributed by atoms with Gasteiger partial charge in [0.25, 0.3) is 5.91 Å². The highest BCUT2D eigenvalue weighted by atomic mass is 35.5. The number of nitrogens with zero attached hydrogens (tertiary/aromatic N) is 1. The van der Waals surface area contributed by atoms with Gasteiger partial charge in [-0.1, -0.05) is 61.6 Å². The van der Waals surface area contributed by atoms with E-state index in [-0.39, 0.29) is 62.6 Å². The fraction of sp³-hybridized carbons (Fsp3) is 0.281. The quantitative estimate of drug-likeness (QED) is 0.141. The number of ether oxygens (including phenoxy) is 2. The molecule has 0 spiro atoms. The highest BCUT2D eigenvalue weighted by Crippen LogP contribution is 2.42. The standard InChI is InChI=1S/C32H31Cl3N2O7S2/c1-32(2,3)25-18-45-26(37-25)16-43-22-8-4-6-20(14-22)31(40)36-24-15-19(28(34)29(35)30(24)44-17-27(38)39)7-5-13-46(41,42)23-11-9-21(33)10-12-23/h4,6,8-12,14-15,18H,5,7,13,16-17H2,1-3H3,(H,36,40)(H,38,39). The molecule has 1 amide bonds. The van der Waals surface area contributed by atoms with E-state index in [1.165, 1.54) is 41.7 Å². The first-order valence-corrected chi connectivity index (χ1v) is 17.6.